The third kappa shape index (κ3) is 3.06. The van der Waals surface area contributed by atoms with Crippen LogP contribution in [0.2, 0.25) is 0 Å². The van der Waals surface area contributed by atoms with E-state index < -0.39 is 0 Å². The predicted octanol–water partition coefficient (Wildman–Crippen LogP) is 0.912. The molecule has 5 nitrogen and oxygen atoms in total. The first kappa shape index (κ1) is 11.1. The number of aromatic nitrogens is 1. The molecule has 1 aliphatic carbocycles. The first-order valence-corrected chi connectivity index (χ1v) is 5.60. The summed E-state index contributed by atoms with van der Waals surface area (Å²) in [6.07, 6.45) is 3.90. The molecule has 1 aromatic rings. The Hall–Kier alpha value is -1.36. The molecule has 5 heteroatoms. The third-order valence-corrected chi connectivity index (χ3v) is 2.52. The summed E-state index contributed by atoms with van der Waals surface area (Å²) in [4.78, 5) is 15.5. The second-order valence-corrected chi connectivity index (χ2v) is 4.25. The number of hydrogen-bond acceptors (Lipinski definition) is 4. The van der Waals surface area contributed by atoms with Crippen molar-refractivity contribution in [3.05, 3.63) is 17.8 Å². The van der Waals surface area contributed by atoms with Crippen molar-refractivity contribution in [1.29, 1.82) is 0 Å². The molecule has 1 saturated carbocycles. The van der Waals surface area contributed by atoms with Gasteiger partial charge in [0.1, 0.15) is 5.76 Å². The molecule has 1 amide bonds. The highest BCUT2D eigenvalue weighted by molar-refractivity contribution is 5.78. The topological polar surface area (TPSA) is 67.2 Å². The van der Waals surface area contributed by atoms with Crippen molar-refractivity contribution < 1.29 is 9.21 Å². The van der Waals surface area contributed by atoms with Crippen LogP contribution in [0.4, 0.5) is 0 Å². The van der Waals surface area contributed by atoms with Crippen molar-refractivity contribution in [1.82, 2.24) is 15.6 Å². The SMILES string of the molecule is Cc1cnc(C(C)NCC(=O)NC2CC2)o1. The smallest absolute Gasteiger partial charge is 0.234 e. The van der Waals surface area contributed by atoms with Gasteiger partial charge in [-0.25, -0.2) is 4.98 Å². The highest BCUT2D eigenvalue weighted by Crippen LogP contribution is 2.18. The van der Waals surface area contributed by atoms with E-state index in [1.165, 1.54) is 0 Å². The zero-order valence-electron chi connectivity index (χ0n) is 9.62. The zero-order valence-corrected chi connectivity index (χ0v) is 9.62. The number of nitrogens with one attached hydrogen (secondary N) is 2. The molecule has 16 heavy (non-hydrogen) atoms. The second kappa shape index (κ2) is 4.65. The molecule has 0 saturated heterocycles. The fourth-order valence-electron chi connectivity index (χ4n) is 1.41. The van der Waals surface area contributed by atoms with Gasteiger partial charge < -0.3 is 9.73 Å². The van der Waals surface area contributed by atoms with Gasteiger partial charge in [-0.05, 0) is 26.7 Å². The highest BCUT2D eigenvalue weighted by atomic mass is 16.4. The van der Waals surface area contributed by atoms with E-state index in [-0.39, 0.29) is 11.9 Å². The maximum Gasteiger partial charge on any atom is 0.234 e. The zero-order chi connectivity index (χ0) is 11.5. The Balaban J connectivity index is 1.74. The average molecular weight is 223 g/mol. The minimum Gasteiger partial charge on any atom is -0.444 e. The van der Waals surface area contributed by atoms with Crippen LogP contribution in [0.1, 0.15) is 37.5 Å². The fraction of sp³-hybridized carbons (Fsp3) is 0.636. The van der Waals surface area contributed by atoms with E-state index in [0.717, 1.165) is 18.6 Å². The number of rotatable bonds is 5. The monoisotopic (exact) mass is 223 g/mol. The lowest BCUT2D eigenvalue weighted by Gasteiger charge is -2.09. The van der Waals surface area contributed by atoms with Gasteiger partial charge in [0.15, 0.2) is 0 Å². The molecule has 88 valence electrons. The summed E-state index contributed by atoms with van der Waals surface area (Å²) in [5.74, 6) is 1.44. The lowest BCUT2D eigenvalue weighted by atomic mass is 10.3. The van der Waals surface area contributed by atoms with Crippen LogP contribution in [0.25, 0.3) is 0 Å². The number of amides is 1. The molecule has 2 rings (SSSR count). The van der Waals surface area contributed by atoms with E-state index in [4.69, 9.17) is 4.42 Å². The van der Waals surface area contributed by atoms with Crippen molar-refractivity contribution in [3.63, 3.8) is 0 Å². The van der Waals surface area contributed by atoms with E-state index in [2.05, 4.69) is 15.6 Å². The number of oxazole rings is 1. The van der Waals surface area contributed by atoms with Crippen LogP contribution < -0.4 is 10.6 Å². The van der Waals surface area contributed by atoms with E-state index >= 15 is 0 Å². The molecule has 0 bridgehead atoms. The van der Waals surface area contributed by atoms with Crippen LogP contribution in [0, 0.1) is 6.92 Å². The van der Waals surface area contributed by atoms with Crippen LogP contribution in [-0.4, -0.2) is 23.5 Å². The Morgan fingerprint density at radius 3 is 3.00 bits per heavy atom. The van der Waals surface area contributed by atoms with Crippen LogP contribution in [0.5, 0.6) is 0 Å². The van der Waals surface area contributed by atoms with Crippen molar-refractivity contribution in [2.45, 2.75) is 38.8 Å². The van der Waals surface area contributed by atoms with Gasteiger partial charge in [-0.3, -0.25) is 10.1 Å². The quantitative estimate of drug-likeness (QED) is 0.778. The maximum atomic E-state index is 11.4. The third-order valence-electron chi connectivity index (χ3n) is 2.52. The van der Waals surface area contributed by atoms with Gasteiger partial charge in [-0.1, -0.05) is 0 Å². The first-order valence-electron chi connectivity index (χ1n) is 5.60. The molecule has 1 heterocycles. The molecule has 1 aromatic heterocycles. The standard InChI is InChI=1S/C11H17N3O2/c1-7-5-13-11(16-7)8(2)12-6-10(15)14-9-3-4-9/h5,8-9,12H,3-4,6H2,1-2H3,(H,14,15). The normalized spacial score (nSPS) is 17.1. The summed E-state index contributed by atoms with van der Waals surface area (Å²) < 4.78 is 5.37. The van der Waals surface area contributed by atoms with E-state index in [0.29, 0.717) is 18.5 Å². The number of carbonyl (C=O) groups is 1. The van der Waals surface area contributed by atoms with E-state index in [9.17, 15) is 4.79 Å². The minimum atomic E-state index is -0.0429. The molecule has 2 N–H and O–H groups in total. The lowest BCUT2D eigenvalue weighted by Crippen LogP contribution is -2.36. The number of hydrogen-bond donors (Lipinski definition) is 2. The number of nitrogens with zero attached hydrogens (tertiary/aromatic N) is 1. The van der Waals surface area contributed by atoms with Gasteiger partial charge in [0.05, 0.1) is 18.8 Å². The first-order chi connectivity index (χ1) is 7.65. The fourth-order valence-corrected chi connectivity index (χ4v) is 1.41. The van der Waals surface area contributed by atoms with Gasteiger partial charge in [0.2, 0.25) is 11.8 Å². The Kier molecular flexibility index (Phi) is 3.24. The molecule has 0 radical (unpaired) electrons. The lowest BCUT2D eigenvalue weighted by molar-refractivity contribution is -0.120. The minimum absolute atomic E-state index is 0.0395. The largest absolute Gasteiger partial charge is 0.444 e. The molecule has 0 spiro atoms. The van der Waals surface area contributed by atoms with Crippen molar-refractivity contribution in [2.24, 2.45) is 0 Å². The predicted molar refractivity (Wildman–Crippen MR) is 58.8 cm³/mol. The van der Waals surface area contributed by atoms with Gasteiger partial charge in [0.25, 0.3) is 0 Å². The molecule has 0 aromatic carbocycles. The summed E-state index contributed by atoms with van der Waals surface area (Å²) in [5, 5.41) is 5.99. The molecule has 0 aliphatic heterocycles. The molecule has 1 aliphatic rings. The molecule has 1 atom stereocenters. The van der Waals surface area contributed by atoms with Crippen LogP contribution in [0.3, 0.4) is 0 Å². The van der Waals surface area contributed by atoms with Gasteiger partial charge in [-0.2, -0.15) is 0 Å². The van der Waals surface area contributed by atoms with Gasteiger partial charge in [-0.15, -0.1) is 0 Å². The molecular formula is C11H17N3O2. The molecular weight excluding hydrogens is 206 g/mol. The second-order valence-electron chi connectivity index (χ2n) is 4.25. The van der Waals surface area contributed by atoms with Crippen molar-refractivity contribution >= 4 is 5.91 Å². The van der Waals surface area contributed by atoms with E-state index in [1.807, 2.05) is 13.8 Å². The Morgan fingerprint density at radius 1 is 1.69 bits per heavy atom. The molecule has 1 unspecified atom stereocenters. The number of carbonyl (C=O) groups excluding carboxylic acids is 1. The van der Waals surface area contributed by atoms with Crippen molar-refractivity contribution in [3.8, 4) is 0 Å². The van der Waals surface area contributed by atoms with Crippen LogP contribution in [0.15, 0.2) is 10.6 Å². The maximum absolute atomic E-state index is 11.4. The van der Waals surface area contributed by atoms with Gasteiger partial charge in [0, 0.05) is 6.04 Å². The van der Waals surface area contributed by atoms with Crippen LogP contribution >= 0.6 is 0 Å². The molecule has 1 fully saturated rings. The highest BCUT2D eigenvalue weighted by Gasteiger charge is 2.23. The summed E-state index contributed by atoms with van der Waals surface area (Å²) in [7, 11) is 0. The van der Waals surface area contributed by atoms with E-state index in [1.54, 1.807) is 6.20 Å². The Labute approximate surface area is 94.6 Å². The average Bonchev–Trinajstić information content (AvgIpc) is 2.95. The summed E-state index contributed by atoms with van der Waals surface area (Å²) in [5.41, 5.74) is 0. The van der Waals surface area contributed by atoms with Gasteiger partial charge >= 0.3 is 0 Å². The van der Waals surface area contributed by atoms with Crippen LogP contribution in [-0.2, 0) is 4.79 Å². The summed E-state index contributed by atoms with van der Waals surface area (Å²) in [6, 6.07) is 0.368. The Bertz CT molecular complexity index is 371. The summed E-state index contributed by atoms with van der Waals surface area (Å²) in [6.45, 7) is 4.08. The Morgan fingerprint density at radius 2 is 2.44 bits per heavy atom. The van der Waals surface area contributed by atoms with Crippen molar-refractivity contribution in [2.75, 3.05) is 6.54 Å². The number of aryl methyl sites for hydroxylation is 1. The summed E-state index contributed by atoms with van der Waals surface area (Å²) >= 11 is 0.